The highest BCUT2D eigenvalue weighted by atomic mass is 16.6. The summed E-state index contributed by atoms with van der Waals surface area (Å²) in [6, 6.07) is 0.0856. The highest BCUT2D eigenvalue weighted by molar-refractivity contribution is 5.70. The number of rotatable bonds is 3. The van der Waals surface area contributed by atoms with Gasteiger partial charge in [0.25, 0.3) is 0 Å². The molecule has 1 atom stereocenters. The molecule has 0 N–H and O–H groups in total. The second-order valence-corrected chi connectivity index (χ2v) is 2.57. The number of cyclic esters (lactones) is 1. The minimum Gasteiger partial charge on any atom is -0.447 e. The Morgan fingerprint density at radius 1 is 1.91 bits per heavy atom. The maximum Gasteiger partial charge on any atom is 0.410 e. The van der Waals surface area contributed by atoms with Crippen molar-refractivity contribution in [3.63, 3.8) is 0 Å². The van der Waals surface area contributed by atoms with Gasteiger partial charge in [-0.2, -0.15) is 0 Å². The first-order valence-corrected chi connectivity index (χ1v) is 3.85. The topological polar surface area (TPSA) is 29.5 Å². The van der Waals surface area contributed by atoms with Crippen molar-refractivity contribution in [1.82, 2.24) is 4.90 Å². The summed E-state index contributed by atoms with van der Waals surface area (Å²) in [7, 11) is 0. The Balaban J connectivity index is 2.55. The Morgan fingerprint density at radius 3 is 3.18 bits per heavy atom. The zero-order valence-electron chi connectivity index (χ0n) is 6.75. The van der Waals surface area contributed by atoms with Crippen molar-refractivity contribution in [3.05, 3.63) is 12.7 Å². The van der Waals surface area contributed by atoms with Crippen LogP contribution in [0.5, 0.6) is 0 Å². The van der Waals surface area contributed by atoms with Crippen LogP contribution >= 0.6 is 0 Å². The fourth-order valence-corrected chi connectivity index (χ4v) is 1.16. The van der Waals surface area contributed by atoms with E-state index in [1.54, 1.807) is 11.0 Å². The first-order valence-electron chi connectivity index (χ1n) is 3.85. The summed E-state index contributed by atoms with van der Waals surface area (Å²) in [6.45, 7) is 6.89. The van der Waals surface area contributed by atoms with Crippen molar-refractivity contribution < 1.29 is 9.53 Å². The number of amides is 1. The SMILES string of the molecule is C=CC1COC(=O)N1CCC. The molecule has 1 rings (SSSR count). The molecule has 11 heavy (non-hydrogen) atoms. The Labute approximate surface area is 66.6 Å². The van der Waals surface area contributed by atoms with Gasteiger partial charge in [-0.25, -0.2) is 4.79 Å². The molecule has 62 valence electrons. The lowest BCUT2D eigenvalue weighted by molar-refractivity contribution is 0.158. The smallest absolute Gasteiger partial charge is 0.410 e. The lowest BCUT2D eigenvalue weighted by Gasteiger charge is -2.16. The van der Waals surface area contributed by atoms with Crippen LogP contribution in [0.4, 0.5) is 4.79 Å². The molecule has 1 unspecified atom stereocenters. The minimum absolute atomic E-state index is 0.0856. The molecule has 0 aliphatic carbocycles. The molecular formula is C8H13NO2. The van der Waals surface area contributed by atoms with Crippen molar-refractivity contribution in [2.75, 3.05) is 13.2 Å². The van der Waals surface area contributed by atoms with E-state index in [4.69, 9.17) is 4.74 Å². The van der Waals surface area contributed by atoms with E-state index in [2.05, 4.69) is 6.58 Å². The van der Waals surface area contributed by atoms with Gasteiger partial charge < -0.3 is 4.74 Å². The van der Waals surface area contributed by atoms with Gasteiger partial charge in [-0.05, 0) is 6.42 Å². The summed E-state index contributed by atoms with van der Waals surface area (Å²) in [5, 5.41) is 0. The molecule has 0 aromatic rings. The minimum atomic E-state index is -0.211. The zero-order chi connectivity index (χ0) is 8.27. The van der Waals surface area contributed by atoms with Crippen molar-refractivity contribution in [2.45, 2.75) is 19.4 Å². The number of ether oxygens (including phenoxy) is 1. The predicted molar refractivity (Wildman–Crippen MR) is 42.3 cm³/mol. The van der Waals surface area contributed by atoms with Crippen molar-refractivity contribution in [2.24, 2.45) is 0 Å². The molecule has 3 heteroatoms. The van der Waals surface area contributed by atoms with E-state index in [-0.39, 0.29) is 12.1 Å². The van der Waals surface area contributed by atoms with Gasteiger partial charge in [0, 0.05) is 6.54 Å². The summed E-state index contributed by atoms with van der Waals surface area (Å²) < 4.78 is 4.84. The molecular weight excluding hydrogens is 142 g/mol. The molecule has 0 aromatic heterocycles. The number of hydrogen-bond acceptors (Lipinski definition) is 2. The van der Waals surface area contributed by atoms with E-state index in [1.807, 2.05) is 6.92 Å². The highest BCUT2D eigenvalue weighted by Crippen LogP contribution is 2.12. The van der Waals surface area contributed by atoms with Gasteiger partial charge in [-0.15, -0.1) is 6.58 Å². The third-order valence-electron chi connectivity index (χ3n) is 1.75. The maximum absolute atomic E-state index is 11.0. The molecule has 1 aliphatic heterocycles. The van der Waals surface area contributed by atoms with Crippen LogP contribution in [-0.4, -0.2) is 30.2 Å². The van der Waals surface area contributed by atoms with Crippen LogP contribution in [0.1, 0.15) is 13.3 Å². The van der Waals surface area contributed by atoms with Crippen LogP contribution in [0.25, 0.3) is 0 Å². The lowest BCUT2D eigenvalue weighted by atomic mass is 10.3. The number of carbonyl (C=O) groups is 1. The Bertz CT molecular complexity index is 167. The molecule has 0 saturated carbocycles. The van der Waals surface area contributed by atoms with Crippen LogP contribution in [0, 0.1) is 0 Å². The van der Waals surface area contributed by atoms with Gasteiger partial charge in [0.05, 0.1) is 6.04 Å². The van der Waals surface area contributed by atoms with Crippen LogP contribution in [-0.2, 0) is 4.74 Å². The highest BCUT2D eigenvalue weighted by Gasteiger charge is 2.29. The number of carbonyl (C=O) groups excluding carboxylic acids is 1. The standard InChI is InChI=1S/C8H13NO2/c1-3-5-9-7(4-2)6-11-8(9)10/h4,7H,2-3,5-6H2,1H3. The molecule has 0 spiro atoms. The fraction of sp³-hybridized carbons (Fsp3) is 0.625. The molecule has 0 aromatic carbocycles. The van der Waals surface area contributed by atoms with Crippen molar-refractivity contribution in [3.8, 4) is 0 Å². The molecule has 0 radical (unpaired) electrons. The second kappa shape index (κ2) is 3.42. The van der Waals surface area contributed by atoms with E-state index in [9.17, 15) is 4.79 Å². The van der Waals surface area contributed by atoms with Crippen molar-refractivity contribution in [1.29, 1.82) is 0 Å². The summed E-state index contributed by atoms with van der Waals surface area (Å²) in [6.07, 6.45) is 2.50. The Kier molecular flexibility index (Phi) is 2.52. The van der Waals surface area contributed by atoms with E-state index < -0.39 is 0 Å². The summed E-state index contributed by atoms with van der Waals surface area (Å²) in [5.74, 6) is 0. The molecule has 0 bridgehead atoms. The van der Waals surface area contributed by atoms with Gasteiger partial charge in [-0.3, -0.25) is 4.90 Å². The van der Waals surface area contributed by atoms with E-state index in [0.29, 0.717) is 6.61 Å². The van der Waals surface area contributed by atoms with Gasteiger partial charge in [-0.1, -0.05) is 13.0 Å². The zero-order valence-corrected chi connectivity index (χ0v) is 6.75. The normalized spacial score (nSPS) is 23.5. The Morgan fingerprint density at radius 2 is 2.64 bits per heavy atom. The molecule has 1 heterocycles. The first kappa shape index (κ1) is 8.11. The quantitative estimate of drug-likeness (QED) is 0.576. The molecule has 1 fully saturated rings. The predicted octanol–water partition coefficient (Wildman–Crippen LogP) is 1.40. The van der Waals surface area contributed by atoms with Gasteiger partial charge in [0.15, 0.2) is 0 Å². The average molecular weight is 155 g/mol. The average Bonchev–Trinajstić information content (AvgIpc) is 2.34. The number of nitrogens with zero attached hydrogens (tertiary/aromatic N) is 1. The van der Waals surface area contributed by atoms with Gasteiger partial charge in [0.1, 0.15) is 6.61 Å². The molecule has 1 saturated heterocycles. The monoisotopic (exact) mass is 155 g/mol. The molecule has 3 nitrogen and oxygen atoms in total. The summed E-state index contributed by atoms with van der Waals surface area (Å²) >= 11 is 0. The van der Waals surface area contributed by atoms with Crippen LogP contribution in [0.2, 0.25) is 0 Å². The first-order chi connectivity index (χ1) is 5.29. The molecule has 1 amide bonds. The largest absolute Gasteiger partial charge is 0.447 e. The van der Waals surface area contributed by atoms with Crippen LogP contribution < -0.4 is 0 Å². The van der Waals surface area contributed by atoms with Crippen molar-refractivity contribution >= 4 is 6.09 Å². The van der Waals surface area contributed by atoms with Crippen LogP contribution in [0.15, 0.2) is 12.7 Å². The number of hydrogen-bond donors (Lipinski definition) is 0. The van der Waals surface area contributed by atoms with E-state index in [0.717, 1.165) is 13.0 Å². The summed E-state index contributed by atoms with van der Waals surface area (Å²) in [5.41, 5.74) is 0. The van der Waals surface area contributed by atoms with Crippen LogP contribution in [0.3, 0.4) is 0 Å². The van der Waals surface area contributed by atoms with E-state index >= 15 is 0 Å². The van der Waals surface area contributed by atoms with Gasteiger partial charge in [0.2, 0.25) is 0 Å². The molecule has 1 aliphatic rings. The lowest BCUT2D eigenvalue weighted by Crippen LogP contribution is -2.32. The third kappa shape index (κ3) is 1.53. The Hall–Kier alpha value is -0.990. The third-order valence-corrected chi connectivity index (χ3v) is 1.75. The summed E-state index contributed by atoms with van der Waals surface area (Å²) in [4.78, 5) is 12.7. The van der Waals surface area contributed by atoms with E-state index in [1.165, 1.54) is 0 Å². The maximum atomic E-state index is 11.0. The fourth-order valence-electron chi connectivity index (χ4n) is 1.16. The van der Waals surface area contributed by atoms with Gasteiger partial charge >= 0.3 is 6.09 Å². The second-order valence-electron chi connectivity index (χ2n) is 2.57.